The van der Waals surface area contributed by atoms with Crippen LogP contribution in [0.4, 0.5) is 5.69 Å². The first-order chi connectivity index (χ1) is 17.5. The second-order valence-electron chi connectivity index (χ2n) is 9.14. The normalized spacial score (nSPS) is 15.6. The van der Waals surface area contributed by atoms with Crippen molar-refractivity contribution in [1.29, 1.82) is 0 Å². The number of thiazole rings is 1. The Morgan fingerprint density at radius 3 is 2.33 bits per heavy atom. The molecule has 2 aromatic carbocycles. The number of nitrogens with zero attached hydrogens (tertiary/aromatic N) is 4. The summed E-state index contributed by atoms with van der Waals surface area (Å²) in [5, 5.41) is 2.09. The standard InChI is InChI=1S/C28H30N4O2S2/c1-22-8-12-25(13-9-22)30-28-32(20-23-7-6-16-29-19-23)27(21-35-28)24-10-14-26(15-11-24)36(33,34)31-17-4-2-3-5-18-31/h6-16,19,21H,2-5,17-18,20H2,1H3. The Morgan fingerprint density at radius 1 is 0.944 bits per heavy atom. The fourth-order valence-electron chi connectivity index (χ4n) is 4.43. The average Bonchev–Trinajstić information content (AvgIpc) is 3.08. The first-order valence-electron chi connectivity index (χ1n) is 12.3. The number of benzene rings is 2. The number of aromatic nitrogens is 2. The molecular weight excluding hydrogens is 488 g/mol. The summed E-state index contributed by atoms with van der Waals surface area (Å²) in [4.78, 5) is 10.4. The van der Waals surface area contributed by atoms with Crippen LogP contribution >= 0.6 is 11.3 Å². The maximum atomic E-state index is 13.2. The van der Waals surface area contributed by atoms with Crippen LogP contribution in [0.5, 0.6) is 0 Å². The molecule has 1 fully saturated rings. The lowest BCUT2D eigenvalue weighted by Gasteiger charge is -2.20. The van der Waals surface area contributed by atoms with Gasteiger partial charge in [0.1, 0.15) is 0 Å². The third-order valence-corrected chi connectivity index (χ3v) is 9.25. The van der Waals surface area contributed by atoms with Gasteiger partial charge < -0.3 is 4.57 Å². The summed E-state index contributed by atoms with van der Waals surface area (Å²) in [6.07, 6.45) is 7.67. The van der Waals surface area contributed by atoms with E-state index in [2.05, 4.69) is 34.0 Å². The van der Waals surface area contributed by atoms with Gasteiger partial charge in [-0.2, -0.15) is 4.31 Å². The number of aryl methyl sites for hydroxylation is 1. The van der Waals surface area contributed by atoms with E-state index in [1.165, 1.54) is 5.56 Å². The summed E-state index contributed by atoms with van der Waals surface area (Å²) in [6, 6.07) is 19.4. The van der Waals surface area contributed by atoms with E-state index in [9.17, 15) is 8.42 Å². The van der Waals surface area contributed by atoms with Crippen LogP contribution in [0.3, 0.4) is 0 Å². The van der Waals surface area contributed by atoms with E-state index in [1.807, 2.05) is 42.6 Å². The number of sulfonamides is 1. The van der Waals surface area contributed by atoms with E-state index < -0.39 is 10.0 Å². The smallest absolute Gasteiger partial charge is 0.243 e. The fraction of sp³-hybridized carbons (Fsp3) is 0.286. The lowest BCUT2D eigenvalue weighted by atomic mass is 10.1. The van der Waals surface area contributed by atoms with Crippen molar-refractivity contribution in [1.82, 2.24) is 13.9 Å². The molecule has 0 atom stereocenters. The van der Waals surface area contributed by atoms with E-state index >= 15 is 0 Å². The van der Waals surface area contributed by atoms with E-state index in [1.54, 1.807) is 34.0 Å². The number of hydrogen-bond donors (Lipinski definition) is 0. The molecule has 1 saturated heterocycles. The first kappa shape index (κ1) is 24.6. The number of rotatable bonds is 6. The number of hydrogen-bond acceptors (Lipinski definition) is 5. The average molecular weight is 519 g/mol. The monoisotopic (exact) mass is 518 g/mol. The maximum Gasteiger partial charge on any atom is 0.243 e. The molecule has 0 amide bonds. The molecule has 0 spiro atoms. The van der Waals surface area contributed by atoms with Gasteiger partial charge in [-0.3, -0.25) is 4.98 Å². The lowest BCUT2D eigenvalue weighted by molar-refractivity contribution is 0.424. The van der Waals surface area contributed by atoms with Gasteiger partial charge >= 0.3 is 0 Å². The molecule has 0 aliphatic carbocycles. The highest BCUT2D eigenvalue weighted by Gasteiger charge is 2.25. The van der Waals surface area contributed by atoms with Crippen LogP contribution in [-0.4, -0.2) is 35.4 Å². The van der Waals surface area contributed by atoms with Gasteiger partial charge in [0.05, 0.1) is 22.8 Å². The topological polar surface area (TPSA) is 67.6 Å². The zero-order chi connectivity index (χ0) is 25.0. The molecule has 5 rings (SSSR count). The molecule has 0 unspecified atom stereocenters. The summed E-state index contributed by atoms with van der Waals surface area (Å²) < 4.78 is 30.3. The van der Waals surface area contributed by atoms with E-state index in [4.69, 9.17) is 4.99 Å². The van der Waals surface area contributed by atoms with Crippen molar-refractivity contribution in [3.05, 3.63) is 94.4 Å². The van der Waals surface area contributed by atoms with Crippen molar-refractivity contribution >= 4 is 27.0 Å². The van der Waals surface area contributed by atoms with E-state index in [-0.39, 0.29) is 0 Å². The fourth-order valence-corrected chi connectivity index (χ4v) is 6.88. The Bertz CT molecular complexity index is 1470. The third-order valence-electron chi connectivity index (χ3n) is 6.47. The molecule has 2 aromatic heterocycles. The Labute approximate surface area is 216 Å². The quantitative estimate of drug-likeness (QED) is 0.326. The predicted octanol–water partition coefficient (Wildman–Crippen LogP) is 5.77. The summed E-state index contributed by atoms with van der Waals surface area (Å²) in [6.45, 7) is 3.88. The minimum Gasteiger partial charge on any atom is -0.312 e. The summed E-state index contributed by atoms with van der Waals surface area (Å²) >= 11 is 1.57. The zero-order valence-electron chi connectivity index (χ0n) is 20.4. The lowest BCUT2D eigenvalue weighted by Crippen LogP contribution is -2.31. The molecule has 1 aliphatic rings. The molecular formula is C28H30N4O2S2. The Balaban J connectivity index is 1.51. The first-order valence-corrected chi connectivity index (χ1v) is 14.6. The van der Waals surface area contributed by atoms with Crippen molar-refractivity contribution in [2.75, 3.05) is 13.1 Å². The van der Waals surface area contributed by atoms with Crippen LogP contribution in [0.1, 0.15) is 36.8 Å². The van der Waals surface area contributed by atoms with E-state index in [0.717, 1.165) is 53.0 Å². The van der Waals surface area contributed by atoms with Gasteiger partial charge in [-0.05, 0) is 61.2 Å². The second kappa shape index (κ2) is 10.9. The van der Waals surface area contributed by atoms with Crippen LogP contribution in [0.2, 0.25) is 0 Å². The van der Waals surface area contributed by atoms with Crippen LogP contribution in [0.25, 0.3) is 11.3 Å². The number of pyridine rings is 1. The van der Waals surface area contributed by atoms with Crippen LogP contribution in [-0.2, 0) is 16.6 Å². The van der Waals surface area contributed by atoms with Crippen molar-refractivity contribution < 1.29 is 8.42 Å². The molecule has 0 bridgehead atoms. The second-order valence-corrected chi connectivity index (χ2v) is 11.9. The zero-order valence-corrected chi connectivity index (χ0v) is 22.0. The minimum atomic E-state index is -3.48. The van der Waals surface area contributed by atoms with Gasteiger partial charge in [0.15, 0.2) is 4.80 Å². The highest BCUT2D eigenvalue weighted by atomic mass is 32.2. The van der Waals surface area contributed by atoms with Crippen molar-refractivity contribution in [3.63, 3.8) is 0 Å². The van der Waals surface area contributed by atoms with Gasteiger partial charge in [0.25, 0.3) is 0 Å². The Hall–Kier alpha value is -3.07. The molecule has 0 saturated carbocycles. The van der Waals surface area contributed by atoms with Gasteiger partial charge in [-0.25, -0.2) is 13.4 Å². The van der Waals surface area contributed by atoms with Gasteiger partial charge in [0.2, 0.25) is 10.0 Å². The Kier molecular flexibility index (Phi) is 7.46. The summed E-state index contributed by atoms with van der Waals surface area (Å²) in [5.41, 5.74) is 5.11. The van der Waals surface area contributed by atoms with Gasteiger partial charge in [0, 0.05) is 30.9 Å². The predicted molar refractivity (Wildman–Crippen MR) is 145 cm³/mol. The molecule has 186 valence electrons. The van der Waals surface area contributed by atoms with Crippen LogP contribution < -0.4 is 4.80 Å². The molecule has 0 radical (unpaired) electrons. The molecule has 3 heterocycles. The summed E-state index contributed by atoms with van der Waals surface area (Å²) in [7, 11) is -3.48. The molecule has 0 N–H and O–H groups in total. The largest absolute Gasteiger partial charge is 0.312 e. The van der Waals surface area contributed by atoms with Crippen molar-refractivity contribution in [3.8, 4) is 11.3 Å². The third kappa shape index (κ3) is 5.51. The van der Waals surface area contributed by atoms with E-state index in [0.29, 0.717) is 24.5 Å². The molecule has 4 aromatic rings. The molecule has 8 heteroatoms. The molecule has 1 aliphatic heterocycles. The van der Waals surface area contributed by atoms with Gasteiger partial charge in [-0.15, -0.1) is 11.3 Å². The van der Waals surface area contributed by atoms with Crippen LogP contribution in [0.15, 0.2) is 88.3 Å². The summed E-state index contributed by atoms with van der Waals surface area (Å²) in [5.74, 6) is 0. The highest BCUT2D eigenvalue weighted by Crippen LogP contribution is 2.26. The van der Waals surface area contributed by atoms with Crippen LogP contribution in [0, 0.1) is 6.92 Å². The van der Waals surface area contributed by atoms with Crippen molar-refractivity contribution in [2.24, 2.45) is 4.99 Å². The van der Waals surface area contributed by atoms with Gasteiger partial charge in [-0.1, -0.05) is 48.7 Å². The highest BCUT2D eigenvalue weighted by molar-refractivity contribution is 7.89. The maximum absolute atomic E-state index is 13.2. The SMILES string of the molecule is Cc1ccc(N=c2scc(-c3ccc(S(=O)(=O)N4CCCCCC4)cc3)n2Cc2cccnc2)cc1. The van der Waals surface area contributed by atoms with Crippen molar-refractivity contribution in [2.45, 2.75) is 44.0 Å². The molecule has 6 nitrogen and oxygen atoms in total. The Morgan fingerprint density at radius 2 is 1.67 bits per heavy atom. The minimum absolute atomic E-state index is 0.353. The molecule has 36 heavy (non-hydrogen) atoms.